The molecule has 0 bridgehead atoms. The standard InChI is InChI=1S/C6H16BNO2/c1-3-4-6(5-9)8-7(2)10/h6,8-10H,3-5H2,1-2H3/t6-/m0/s1. The van der Waals surface area contributed by atoms with Crippen molar-refractivity contribution in [3.63, 3.8) is 0 Å². The number of rotatable bonds is 5. The van der Waals surface area contributed by atoms with Crippen molar-refractivity contribution in [2.75, 3.05) is 6.61 Å². The predicted octanol–water partition coefficient (Wildman–Crippen LogP) is -0.153. The zero-order chi connectivity index (χ0) is 7.98. The molecule has 0 aromatic heterocycles. The largest absolute Gasteiger partial charge is 0.437 e. The fourth-order valence-electron chi connectivity index (χ4n) is 0.917. The zero-order valence-corrected chi connectivity index (χ0v) is 6.67. The quantitative estimate of drug-likeness (QED) is 0.471. The molecule has 0 amide bonds. The predicted molar refractivity (Wildman–Crippen MR) is 42.8 cm³/mol. The van der Waals surface area contributed by atoms with Crippen LogP contribution in [0.5, 0.6) is 0 Å². The third kappa shape index (κ3) is 4.79. The van der Waals surface area contributed by atoms with E-state index in [1.165, 1.54) is 0 Å². The number of nitrogens with one attached hydrogen (secondary N) is 1. The lowest BCUT2D eigenvalue weighted by atomic mass is 9.87. The number of aliphatic hydroxyl groups excluding tert-OH is 1. The first-order valence-electron chi connectivity index (χ1n) is 3.75. The second-order valence-corrected chi connectivity index (χ2v) is 2.51. The van der Waals surface area contributed by atoms with E-state index >= 15 is 0 Å². The Balaban J connectivity index is 3.39. The maximum Gasteiger partial charge on any atom is 0.373 e. The summed E-state index contributed by atoms with van der Waals surface area (Å²) in [5, 5.41) is 20.4. The molecular weight excluding hydrogens is 129 g/mol. The van der Waals surface area contributed by atoms with Crippen LogP contribution in [0.15, 0.2) is 0 Å². The van der Waals surface area contributed by atoms with Crippen molar-refractivity contribution in [1.82, 2.24) is 5.23 Å². The Morgan fingerprint density at radius 1 is 1.60 bits per heavy atom. The normalized spacial score (nSPS) is 13.2. The summed E-state index contributed by atoms with van der Waals surface area (Å²) in [6, 6.07) is 0.0463. The van der Waals surface area contributed by atoms with Crippen LogP contribution in [-0.4, -0.2) is 29.8 Å². The van der Waals surface area contributed by atoms with Crippen LogP contribution >= 0.6 is 0 Å². The van der Waals surface area contributed by atoms with Gasteiger partial charge in [-0.25, -0.2) is 0 Å². The van der Waals surface area contributed by atoms with E-state index in [2.05, 4.69) is 5.23 Å². The van der Waals surface area contributed by atoms with Crippen LogP contribution in [-0.2, 0) is 0 Å². The molecule has 0 unspecified atom stereocenters. The van der Waals surface area contributed by atoms with E-state index in [0.29, 0.717) is 0 Å². The van der Waals surface area contributed by atoms with Crippen LogP contribution in [0.3, 0.4) is 0 Å². The average Bonchev–Trinajstić information content (AvgIpc) is 1.86. The minimum Gasteiger partial charge on any atom is -0.437 e. The van der Waals surface area contributed by atoms with Crippen LogP contribution in [0.25, 0.3) is 0 Å². The lowest BCUT2D eigenvalue weighted by molar-refractivity contribution is 0.246. The van der Waals surface area contributed by atoms with Crippen molar-refractivity contribution in [1.29, 1.82) is 0 Å². The van der Waals surface area contributed by atoms with Crippen molar-refractivity contribution in [3.8, 4) is 0 Å². The van der Waals surface area contributed by atoms with Crippen molar-refractivity contribution in [3.05, 3.63) is 0 Å². The third-order valence-electron chi connectivity index (χ3n) is 1.33. The molecule has 0 aromatic carbocycles. The van der Waals surface area contributed by atoms with Gasteiger partial charge in [0.2, 0.25) is 0 Å². The molecule has 0 fully saturated rings. The number of hydrogen-bond donors (Lipinski definition) is 3. The molecule has 0 aliphatic carbocycles. The lowest BCUT2D eigenvalue weighted by Gasteiger charge is -2.14. The van der Waals surface area contributed by atoms with Gasteiger partial charge in [0.15, 0.2) is 0 Å². The van der Waals surface area contributed by atoms with Gasteiger partial charge >= 0.3 is 7.05 Å². The molecule has 0 spiro atoms. The van der Waals surface area contributed by atoms with E-state index in [-0.39, 0.29) is 12.6 Å². The summed E-state index contributed by atoms with van der Waals surface area (Å²) < 4.78 is 0. The molecule has 0 aliphatic rings. The molecule has 10 heavy (non-hydrogen) atoms. The highest BCUT2D eigenvalue weighted by Gasteiger charge is 2.10. The molecule has 0 rings (SSSR count). The summed E-state index contributed by atoms with van der Waals surface area (Å²) >= 11 is 0. The Morgan fingerprint density at radius 3 is 2.50 bits per heavy atom. The molecule has 60 valence electrons. The molecule has 4 heteroatoms. The van der Waals surface area contributed by atoms with Gasteiger partial charge in [0.25, 0.3) is 0 Å². The van der Waals surface area contributed by atoms with Crippen LogP contribution in [0.1, 0.15) is 19.8 Å². The van der Waals surface area contributed by atoms with E-state index in [1.54, 1.807) is 6.82 Å². The van der Waals surface area contributed by atoms with Gasteiger partial charge in [-0.2, -0.15) is 0 Å². The molecule has 0 heterocycles. The molecule has 3 nitrogen and oxygen atoms in total. The monoisotopic (exact) mass is 145 g/mol. The van der Waals surface area contributed by atoms with E-state index < -0.39 is 7.05 Å². The Bertz CT molecular complexity index is 80.1. The molecule has 0 saturated carbocycles. The summed E-state index contributed by atoms with van der Waals surface area (Å²) in [6.07, 6.45) is 1.92. The minimum absolute atomic E-state index is 0.0463. The summed E-state index contributed by atoms with van der Waals surface area (Å²) in [4.78, 5) is 0. The Hall–Kier alpha value is -0.0551. The molecule has 1 atom stereocenters. The van der Waals surface area contributed by atoms with Gasteiger partial charge in [-0.15, -0.1) is 0 Å². The fraction of sp³-hybridized carbons (Fsp3) is 1.00. The van der Waals surface area contributed by atoms with E-state index in [0.717, 1.165) is 12.8 Å². The highest BCUT2D eigenvalue weighted by molar-refractivity contribution is 6.45. The SMILES string of the molecule is CCC[C@@H](CO)NB(C)O. The number of aliphatic hydroxyl groups is 1. The highest BCUT2D eigenvalue weighted by atomic mass is 16.3. The first kappa shape index (κ1) is 9.94. The van der Waals surface area contributed by atoms with E-state index in [1.807, 2.05) is 6.92 Å². The maximum absolute atomic E-state index is 8.86. The second-order valence-electron chi connectivity index (χ2n) is 2.51. The van der Waals surface area contributed by atoms with Gasteiger partial charge in [0, 0.05) is 6.04 Å². The molecule has 0 radical (unpaired) electrons. The summed E-state index contributed by atoms with van der Waals surface area (Å²) in [5.74, 6) is 0. The van der Waals surface area contributed by atoms with Crippen LogP contribution < -0.4 is 5.23 Å². The topological polar surface area (TPSA) is 52.5 Å². The van der Waals surface area contributed by atoms with Gasteiger partial charge in [-0.05, 0) is 13.2 Å². The van der Waals surface area contributed by atoms with Crippen molar-refractivity contribution >= 4 is 7.05 Å². The van der Waals surface area contributed by atoms with Gasteiger partial charge in [0.05, 0.1) is 6.61 Å². The lowest BCUT2D eigenvalue weighted by Crippen LogP contribution is -2.41. The minimum atomic E-state index is -0.524. The molecule has 3 N–H and O–H groups in total. The van der Waals surface area contributed by atoms with E-state index in [9.17, 15) is 0 Å². The highest BCUT2D eigenvalue weighted by Crippen LogP contribution is 1.94. The Labute approximate surface area is 62.6 Å². The van der Waals surface area contributed by atoms with Crippen molar-refractivity contribution in [2.24, 2.45) is 0 Å². The van der Waals surface area contributed by atoms with Crippen LogP contribution in [0, 0.1) is 0 Å². The smallest absolute Gasteiger partial charge is 0.373 e. The summed E-state index contributed by atoms with van der Waals surface area (Å²) in [7, 11) is -0.524. The molecule has 0 saturated heterocycles. The Kier molecular flexibility index (Phi) is 5.68. The molecule has 0 aromatic rings. The van der Waals surface area contributed by atoms with Crippen LogP contribution in [0.4, 0.5) is 0 Å². The summed E-state index contributed by atoms with van der Waals surface area (Å²) in [6.45, 7) is 3.80. The van der Waals surface area contributed by atoms with Gasteiger partial charge in [-0.3, -0.25) is 0 Å². The number of hydrogen-bond acceptors (Lipinski definition) is 3. The van der Waals surface area contributed by atoms with Gasteiger partial charge in [0.1, 0.15) is 0 Å². The molecular formula is C6H16BNO2. The van der Waals surface area contributed by atoms with Gasteiger partial charge in [-0.1, -0.05) is 13.3 Å². The van der Waals surface area contributed by atoms with Gasteiger partial charge < -0.3 is 15.4 Å². The van der Waals surface area contributed by atoms with E-state index in [4.69, 9.17) is 10.1 Å². The first-order chi connectivity index (χ1) is 4.70. The maximum atomic E-state index is 8.86. The fourth-order valence-corrected chi connectivity index (χ4v) is 0.917. The summed E-state index contributed by atoms with van der Waals surface area (Å²) in [5.41, 5.74) is 0. The third-order valence-corrected chi connectivity index (χ3v) is 1.33. The van der Waals surface area contributed by atoms with Crippen molar-refractivity contribution in [2.45, 2.75) is 32.6 Å². The molecule has 0 aliphatic heterocycles. The second kappa shape index (κ2) is 5.71. The first-order valence-corrected chi connectivity index (χ1v) is 3.75. The average molecular weight is 145 g/mol. The van der Waals surface area contributed by atoms with Crippen molar-refractivity contribution < 1.29 is 10.1 Å². The Morgan fingerprint density at radius 2 is 2.20 bits per heavy atom. The van der Waals surface area contributed by atoms with Crippen LogP contribution in [0.2, 0.25) is 6.82 Å². The zero-order valence-electron chi connectivity index (χ0n) is 6.67.